The summed E-state index contributed by atoms with van der Waals surface area (Å²) in [6, 6.07) is 4.04. The number of hydrogen-bond acceptors (Lipinski definition) is 3. The fourth-order valence-electron chi connectivity index (χ4n) is 2.68. The molecule has 1 atom stereocenters. The molecule has 0 bridgehead atoms. The second-order valence-corrected chi connectivity index (χ2v) is 6.35. The molecule has 2 aliphatic rings. The molecule has 0 radical (unpaired) electrons. The summed E-state index contributed by atoms with van der Waals surface area (Å²) in [5.74, 6) is -2.46. The number of nitrogens with two attached hydrogens (primary N) is 1. The van der Waals surface area contributed by atoms with E-state index in [4.69, 9.17) is 17.3 Å². The quantitative estimate of drug-likeness (QED) is 0.856. The molecule has 6 nitrogen and oxygen atoms in total. The van der Waals surface area contributed by atoms with Crippen molar-refractivity contribution in [3.05, 3.63) is 29.0 Å². The van der Waals surface area contributed by atoms with Gasteiger partial charge in [0.15, 0.2) is 0 Å². The van der Waals surface area contributed by atoms with Crippen LogP contribution in [-0.2, 0) is 14.4 Å². The Morgan fingerprint density at radius 2 is 2.09 bits per heavy atom. The second kappa shape index (κ2) is 5.49. The number of halogens is 2. The highest BCUT2D eigenvalue weighted by molar-refractivity contribution is 6.30. The highest BCUT2D eigenvalue weighted by Gasteiger charge is 2.51. The number of carbonyl (C=O) groups excluding carboxylic acids is 3. The standard InChI is InChI=1S/C15H15ClFN3O3/c16-10-2-1-9(6-11(10)17)20-7-8(5-12(20)21)13(22)19-15(3-4-15)14(18)23/h1-2,6,8H,3-5,7H2,(H2,18,23)(H,19,22). The fourth-order valence-corrected chi connectivity index (χ4v) is 2.80. The Morgan fingerprint density at radius 1 is 1.39 bits per heavy atom. The zero-order valence-corrected chi connectivity index (χ0v) is 12.9. The van der Waals surface area contributed by atoms with Gasteiger partial charge in [0.1, 0.15) is 11.4 Å². The van der Waals surface area contributed by atoms with E-state index in [1.807, 2.05) is 0 Å². The summed E-state index contributed by atoms with van der Waals surface area (Å²) in [4.78, 5) is 37.0. The van der Waals surface area contributed by atoms with Gasteiger partial charge in [-0.25, -0.2) is 4.39 Å². The van der Waals surface area contributed by atoms with Gasteiger partial charge >= 0.3 is 0 Å². The summed E-state index contributed by atoms with van der Waals surface area (Å²) in [6.07, 6.45) is 1.03. The Kier molecular flexibility index (Phi) is 3.75. The maximum absolute atomic E-state index is 13.5. The van der Waals surface area contributed by atoms with Crippen LogP contribution in [0, 0.1) is 11.7 Å². The molecular weight excluding hydrogens is 325 g/mol. The van der Waals surface area contributed by atoms with Crippen LogP contribution in [0.15, 0.2) is 18.2 Å². The van der Waals surface area contributed by atoms with Crippen molar-refractivity contribution in [2.45, 2.75) is 24.8 Å². The zero-order valence-electron chi connectivity index (χ0n) is 12.1. The lowest BCUT2D eigenvalue weighted by atomic mass is 10.1. The molecule has 1 aromatic rings. The van der Waals surface area contributed by atoms with E-state index in [1.54, 1.807) is 0 Å². The molecule has 0 spiro atoms. The molecule has 1 aromatic carbocycles. The second-order valence-electron chi connectivity index (χ2n) is 5.94. The van der Waals surface area contributed by atoms with Gasteiger partial charge in [-0.05, 0) is 31.0 Å². The third-order valence-electron chi connectivity index (χ3n) is 4.29. The van der Waals surface area contributed by atoms with Crippen LogP contribution in [0.25, 0.3) is 0 Å². The number of nitrogens with zero attached hydrogens (tertiary/aromatic N) is 1. The summed E-state index contributed by atoms with van der Waals surface area (Å²) in [5, 5.41) is 2.60. The Labute approximate surface area is 136 Å². The molecule has 3 rings (SSSR count). The molecule has 8 heteroatoms. The first-order chi connectivity index (χ1) is 10.8. The molecule has 0 aromatic heterocycles. The molecule has 3 amide bonds. The molecule has 1 saturated heterocycles. The Balaban J connectivity index is 1.71. The van der Waals surface area contributed by atoms with E-state index >= 15 is 0 Å². The van der Waals surface area contributed by atoms with Crippen molar-refractivity contribution < 1.29 is 18.8 Å². The van der Waals surface area contributed by atoms with E-state index in [-0.39, 0.29) is 29.8 Å². The van der Waals surface area contributed by atoms with Gasteiger partial charge in [0.2, 0.25) is 17.7 Å². The van der Waals surface area contributed by atoms with Crippen LogP contribution in [-0.4, -0.2) is 29.8 Å². The monoisotopic (exact) mass is 339 g/mol. The minimum Gasteiger partial charge on any atom is -0.368 e. The molecule has 2 fully saturated rings. The molecule has 1 saturated carbocycles. The van der Waals surface area contributed by atoms with E-state index < -0.39 is 23.2 Å². The van der Waals surface area contributed by atoms with Crippen LogP contribution < -0.4 is 16.0 Å². The first-order valence-electron chi connectivity index (χ1n) is 7.20. The topological polar surface area (TPSA) is 92.5 Å². The van der Waals surface area contributed by atoms with Gasteiger partial charge in [-0.1, -0.05) is 11.6 Å². The first-order valence-corrected chi connectivity index (χ1v) is 7.57. The minimum atomic E-state index is -0.958. The minimum absolute atomic E-state index is 0.00488. The number of anilines is 1. The number of hydrogen-bond donors (Lipinski definition) is 2. The van der Waals surface area contributed by atoms with Crippen LogP contribution in [0.4, 0.5) is 10.1 Å². The summed E-state index contributed by atoms with van der Waals surface area (Å²) in [6.45, 7) is 0.126. The van der Waals surface area contributed by atoms with E-state index in [9.17, 15) is 18.8 Å². The lowest BCUT2D eigenvalue weighted by Gasteiger charge is -2.18. The third kappa shape index (κ3) is 2.88. The SMILES string of the molecule is NC(=O)C1(NC(=O)C2CC(=O)N(c3ccc(Cl)c(F)c3)C2)CC1. The maximum Gasteiger partial charge on any atom is 0.243 e. The first kappa shape index (κ1) is 15.7. The number of amides is 3. The Morgan fingerprint density at radius 3 is 2.65 bits per heavy atom. The van der Waals surface area contributed by atoms with Crippen LogP contribution in [0.5, 0.6) is 0 Å². The maximum atomic E-state index is 13.5. The van der Waals surface area contributed by atoms with Crippen molar-refractivity contribution >= 4 is 35.0 Å². The fraction of sp³-hybridized carbons (Fsp3) is 0.400. The number of carbonyl (C=O) groups is 3. The molecule has 1 aliphatic heterocycles. The predicted octanol–water partition coefficient (Wildman–Crippen LogP) is 0.966. The van der Waals surface area contributed by atoms with Gasteiger partial charge in [0, 0.05) is 18.7 Å². The summed E-state index contributed by atoms with van der Waals surface area (Å²) < 4.78 is 13.5. The van der Waals surface area contributed by atoms with Crippen molar-refractivity contribution in [2.24, 2.45) is 11.7 Å². The average molecular weight is 340 g/mol. The number of rotatable bonds is 4. The molecule has 1 unspecified atom stereocenters. The molecule has 1 heterocycles. The highest BCUT2D eigenvalue weighted by atomic mass is 35.5. The van der Waals surface area contributed by atoms with Crippen molar-refractivity contribution in [3.63, 3.8) is 0 Å². The summed E-state index contributed by atoms with van der Waals surface area (Å²) in [7, 11) is 0. The number of primary amides is 1. The summed E-state index contributed by atoms with van der Waals surface area (Å²) >= 11 is 5.63. The lowest BCUT2D eigenvalue weighted by Crippen LogP contribution is -2.49. The van der Waals surface area contributed by atoms with Gasteiger partial charge in [-0.3, -0.25) is 14.4 Å². The van der Waals surface area contributed by atoms with Crippen molar-refractivity contribution in [2.75, 3.05) is 11.4 Å². The van der Waals surface area contributed by atoms with E-state index in [0.29, 0.717) is 18.5 Å². The van der Waals surface area contributed by atoms with E-state index in [1.165, 1.54) is 17.0 Å². The van der Waals surface area contributed by atoms with Gasteiger partial charge in [-0.15, -0.1) is 0 Å². The smallest absolute Gasteiger partial charge is 0.243 e. The van der Waals surface area contributed by atoms with Crippen molar-refractivity contribution in [1.82, 2.24) is 5.32 Å². The van der Waals surface area contributed by atoms with Crippen molar-refractivity contribution in [1.29, 1.82) is 0 Å². The average Bonchev–Trinajstić information content (AvgIpc) is 3.17. The predicted molar refractivity (Wildman–Crippen MR) is 81.2 cm³/mol. The van der Waals surface area contributed by atoms with Gasteiger partial charge < -0.3 is 16.0 Å². The molecule has 23 heavy (non-hydrogen) atoms. The molecular formula is C15H15ClFN3O3. The highest BCUT2D eigenvalue weighted by Crippen LogP contribution is 2.36. The van der Waals surface area contributed by atoms with E-state index in [2.05, 4.69) is 5.32 Å². The van der Waals surface area contributed by atoms with Crippen LogP contribution >= 0.6 is 11.6 Å². The summed E-state index contributed by atoms with van der Waals surface area (Å²) in [5.41, 5.74) is 4.66. The Hall–Kier alpha value is -2.15. The largest absolute Gasteiger partial charge is 0.368 e. The van der Waals surface area contributed by atoms with Crippen LogP contribution in [0.1, 0.15) is 19.3 Å². The molecule has 122 valence electrons. The van der Waals surface area contributed by atoms with Crippen molar-refractivity contribution in [3.8, 4) is 0 Å². The zero-order chi connectivity index (χ0) is 16.8. The van der Waals surface area contributed by atoms with E-state index in [0.717, 1.165) is 6.07 Å². The third-order valence-corrected chi connectivity index (χ3v) is 4.60. The van der Waals surface area contributed by atoms with Gasteiger partial charge in [0.25, 0.3) is 0 Å². The van der Waals surface area contributed by atoms with Crippen LogP contribution in [0.2, 0.25) is 5.02 Å². The normalized spacial score (nSPS) is 22.1. The van der Waals surface area contributed by atoms with Gasteiger partial charge in [0.05, 0.1) is 10.9 Å². The molecule has 1 aliphatic carbocycles. The number of benzene rings is 1. The molecule has 3 N–H and O–H groups in total. The number of nitrogens with one attached hydrogen (secondary N) is 1. The lowest BCUT2D eigenvalue weighted by molar-refractivity contribution is -0.131. The van der Waals surface area contributed by atoms with Gasteiger partial charge in [-0.2, -0.15) is 0 Å². The Bertz CT molecular complexity index is 705. The van der Waals surface area contributed by atoms with Crippen LogP contribution in [0.3, 0.4) is 0 Å².